The maximum atomic E-state index is 12.9. The standard InChI is InChI=1S/C12H7FN6S2/c13-8-3-1-7(2-4-8)5-10-15-16-12-19(10)17-11(21-12)9-6-20-18-14-9/h1-4,6H,5H2. The minimum absolute atomic E-state index is 0.253. The number of halogens is 1. The summed E-state index contributed by atoms with van der Waals surface area (Å²) in [6, 6.07) is 6.32. The summed E-state index contributed by atoms with van der Waals surface area (Å²) >= 11 is 2.69. The van der Waals surface area contributed by atoms with E-state index in [2.05, 4.69) is 24.9 Å². The third-order valence-electron chi connectivity index (χ3n) is 2.91. The van der Waals surface area contributed by atoms with Gasteiger partial charge in [-0.05, 0) is 29.2 Å². The Morgan fingerprint density at radius 2 is 1.95 bits per heavy atom. The maximum Gasteiger partial charge on any atom is 0.235 e. The molecule has 0 bridgehead atoms. The zero-order valence-corrected chi connectivity index (χ0v) is 12.1. The summed E-state index contributed by atoms with van der Waals surface area (Å²) in [6.45, 7) is 0. The quantitative estimate of drug-likeness (QED) is 0.580. The minimum atomic E-state index is -0.253. The minimum Gasteiger partial charge on any atom is -0.207 e. The highest BCUT2D eigenvalue weighted by Crippen LogP contribution is 2.24. The van der Waals surface area contributed by atoms with E-state index in [4.69, 9.17) is 0 Å². The van der Waals surface area contributed by atoms with Crippen LogP contribution in [0.5, 0.6) is 0 Å². The van der Waals surface area contributed by atoms with Crippen LogP contribution in [0.2, 0.25) is 0 Å². The second kappa shape index (κ2) is 4.93. The summed E-state index contributed by atoms with van der Waals surface area (Å²) < 4.78 is 18.4. The highest BCUT2D eigenvalue weighted by atomic mass is 32.1. The fourth-order valence-electron chi connectivity index (χ4n) is 1.91. The first-order valence-corrected chi connectivity index (χ1v) is 7.68. The van der Waals surface area contributed by atoms with Crippen molar-refractivity contribution in [3.05, 3.63) is 46.9 Å². The molecule has 0 saturated carbocycles. The van der Waals surface area contributed by atoms with Gasteiger partial charge >= 0.3 is 0 Å². The van der Waals surface area contributed by atoms with Crippen molar-refractivity contribution in [2.75, 3.05) is 0 Å². The summed E-state index contributed by atoms with van der Waals surface area (Å²) in [4.78, 5) is 0.704. The molecule has 3 aromatic heterocycles. The SMILES string of the molecule is Fc1ccc(Cc2nnc3sc(-c4csnn4)nn23)cc1. The molecule has 4 rings (SSSR count). The van der Waals surface area contributed by atoms with Gasteiger partial charge in [-0.1, -0.05) is 28.0 Å². The van der Waals surface area contributed by atoms with Crippen LogP contribution >= 0.6 is 22.9 Å². The lowest BCUT2D eigenvalue weighted by atomic mass is 10.1. The van der Waals surface area contributed by atoms with Crippen LogP contribution < -0.4 is 0 Å². The van der Waals surface area contributed by atoms with Gasteiger partial charge in [-0.25, -0.2) is 4.39 Å². The first-order chi connectivity index (χ1) is 10.3. The molecule has 21 heavy (non-hydrogen) atoms. The van der Waals surface area contributed by atoms with E-state index >= 15 is 0 Å². The Balaban J connectivity index is 1.71. The van der Waals surface area contributed by atoms with Crippen molar-refractivity contribution in [1.29, 1.82) is 0 Å². The number of benzene rings is 1. The normalized spacial score (nSPS) is 11.3. The molecule has 0 aliphatic carbocycles. The first-order valence-electron chi connectivity index (χ1n) is 6.02. The van der Waals surface area contributed by atoms with Crippen molar-refractivity contribution < 1.29 is 4.39 Å². The van der Waals surface area contributed by atoms with E-state index in [9.17, 15) is 4.39 Å². The van der Waals surface area contributed by atoms with Crippen molar-refractivity contribution >= 4 is 27.8 Å². The summed E-state index contributed by atoms with van der Waals surface area (Å²) in [6.07, 6.45) is 0.542. The van der Waals surface area contributed by atoms with Gasteiger partial charge in [0.2, 0.25) is 4.96 Å². The summed E-state index contributed by atoms with van der Waals surface area (Å²) in [5, 5.41) is 19.3. The molecular formula is C12H7FN6S2. The Hall–Kier alpha value is -2.26. The van der Waals surface area contributed by atoms with E-state index in [0.29, 0.717) is 17.2 Å². The lowest BCUT2D eigenvalue weighted by molar-refractivity contribution is 0.627. The first kappa shape index (κ1) is 12.5. The molecule has 0 aliphatic heterocycles. The van der Waals surface area contributed by atoms with Crippen molar-refractivity contribution in [1.82, 2.24) is 29.4 Å². The van der Waals surface area contributed by atoms with E-state index in [0.717, 1.165) is 16.3 Å². The zero-order valence-electron chi connectivity index (χ0n) is 10.5. The number of hydrogen-bond donors (Lipinski definition) is 0. The molecule has 1 aromatic carbocycles. The highest BCUT2D eigenvalue weighted by molar-refractivity contribution is 7.20. The fourth-order valence-corrected chi connectivity index (χ4v) is 3.24. The van der Waals surface area contributed by atoms with Crippen LogP contribution in [-0.4, -0.2) is 29.4 Å². The average Bonchev–Trinajstić information content (AvgIpc) is 3.18. The summed E-state index contributed by atoms with van der Waals surface area (Å²) in [5.41, 5.74) is 1.69. The van der Waals surface area contributed by atoms with E-state index in [1.54, 1.807) is 16.6 Å². The Kier molecular flexibility index (Phi) is 2.93. The van der Waals surface area contributed by atoms with E-state index in [-0.39, 0.29) is 5.82 Å². The van der Waals surface area contributed by atoms with Gasteiger partial charge in [0.15, 0.2) is 10.8 Å². The van der Waals surface area contributed by atoms with Crippen molar-refractivity contribution in [3.8, 4) is 10.7 Å². The van der Waals surface area contributed by atoms with Gasteiger partial charge in [-0.2, -0.15) is 9.61 Å². The number of hydrogen-bond acceptors (Lipinski definition) is 7. The van der Waals surface area contributed by atoms with E-state index in [1.165, 1.54) is 35.0 Å². The Labute approximate surface area is 126 Å². The molecule has 9 heteroatoms. The number of aromatic nitrogens is 6. The van der Waals surface area contributed by atoms with Gasteiger partial charge in [0.25, 0.3) is 0 Å². The van der Waals surface area contributed by atoms with Crippen LogP contribution in [0.25, 0.3) is 15.7 Å². The predicted molar refractivity (Wildman–Crippen MR) is 76.8 cm³/mol. The van der Waals surface area contributed by atoms with Gasteiger partial charge in [0.1, 0.15) is 11.5 Å². The predicted octanol–water partition coefficient (Wildman–Crippen LogP) is 2.43. The van der Waals surface area contributed by atoms with E-state index in [1.807, 2.05) is 5.38 Å². The lowest BCUT2D eigenvalue weighted by Gasteiger charge is -1.98. The molecule has 0 spiro atoms. The third-order valence-corrected chi connectivity index (χ3v) is 4.34. The largest absolute Gasteiger partial charge is 0.235 e. The van der Waals surface area contributed by atoms with Crippen LogP contribution in [0, 0.1) is 5.82 Å². The summed E-state index contributed by atoms with van der Waals surface area (Å²) in [5.74, 6) is 0.458. The average molecular weight is 318 g/mol. The molecule has 3 heterocycles. The topological polar surface area (TPSA) is 68.9 Å². The Bertz CT molecular complexity index is 880. The van der Waals surface area contributed by atoms with Gasteiger partial charge < -0.3 is 0 Å². The van der Waals surface area contributed by atoms with Crippen LogP contribution in [0.1, 0.15) is 11.4 Å². The number of nitrogens with zero attached hydrogens (tertiary/aromatic N) is 6. The second-order valence-electron chi connectivity index (χ2n) is 4.31. The fraction of sp³-hybridized carbons (Fsp3) is 0.0833. The lowest BCUT2D eigenvalue weighted by Crippen LogP contribution is -1.97. The molecule has 0 radical (unpaired) electrons. The summed E-state index contributed by atoms with van der Waals surface area (Å²) in [7, 11) is 0. The highest BCUT2D eigenvalue weighted by Gasteiger charge is 2.14. The maximum absolute atomic E-state index is 12.9. The number of rotatable bonds is 3. The molecule has 0 aliphatic rings. The molecule has 0 unspecified atom stereocenters. The van der Waals surface area contributed by atoms with Crippen LogP contribution in [0.15, 0.2) is 29.6 Å². The van der Waals surface area contributed by atoms with Crippen molar-refractivity contribution in [2.45, 2.75) is 6.42 Å². The molecule has 4 aromatic rings. The molecule has 0 fully saturated rings. The van der Waals surface area contributed by atoms with Crippen LogP contribution in [0.4, 0.5) is 4.39 Å². The van der Waals surface area contributed by atoms with Gasteiger partial charge in [0.05, 0.1) is 0 Å². The van der Waals surface area contributed by atoms with Gasteiger partial charge in [-0.15, -0.1) is 15.3 Å². The van der Waals surface area contributed by atoms with Gasteiger partial charge in [-0.3, -0.25) is 0 Å². The molecular weight excluding hydrogens is 311 g/mol. The second-order valence-corrected chi connectivity index (χ2v) is 5.88. The van der Waals surface area contributed by atoms with Crippen molar-refractivity contribution in [2.24, 2.45) is 0 Å². The van der Waals surface area contributed by atoms with Crippen LogP contribution in [-0.2, 0) is 6.42 Å². The molecule has 104 valence electrons. The number of fused-ring (bicyclic) bond motifs is 1. The molecule has 0 saturated heterocycles. The van der Waals surface area contributed by atoms with Crippen molar-refractivity contribution in [3.63, 3.8) is 0 Å². The smallest absolute Gasteiger partial charge is 0.207 e. The third kappa shape index (κ3) is 2.30. The van der Waals surface area contributed by atoms with Gasteiger partial charge in [0, 0.05) is 11.8 Å². The molecule has 6 nitrogen and oxygen atoms in total. The monoisotopic (exact) mass is 318 g/mol. The molecule has 0 amide bonds. The van der Waals surface area contributed by atoms with E-state index < -0.39 is 0 Å². The molecule has 0 N–H and O–H groups in total. The Morgan fingerprint density at radius 1 is 1.10 bits per heavy atom. The van der Waals surface area contributed by atoms with Crippen LogP contribution in [0.3, 0.4) is 0 Å². The Morgan fingerprint density at radius 3 is 2.71 bits per heavy atom. The zero-order chi connectivity index (χ0) is 14.2. The molecule has 0 atom stereocenters.